The maximum absolute atomic E-state index is 12.8. The fraction of sp³-hybridized carbons (Fsp3) is 0.632. The highest BCUT2D eigenvalue weighted by Gasteiger charge is 2.51. The zero-order valence-corrected chi connectivity index (χ0v) is 15.0. The van der Waals surface area contributed by atoms with Crippen LogP contribution in [0, 0.1) is 0 Å². The fourth-order valence-electron chi connectivity index (χ4n) is 3.62. The van der Waals surface area contributed by atoms with E-state index >= 15 is 0 Å². The van der Waals surface area contributed by atoms with E-state index in [1.54, 1.807) is 0 Å². The van der Waals surface area contributed by atoms with E-state index in [4.69, 9.17) is 11.6 Å². The van der Waals surface area contributed by atoms with Gasteiger partial charge in [-0.05, 0) is 70.3 Å². The first-order chi connectivity index (χ1) is 10.9. The van der Waals surface area contributed by atoms with Crippen LogP contribution in [0.25, 0.3) is 0 Å². The highest BCUT2D eigenvalue weighted by molar-refractivity contribution is 6.30. The first kappa shape index (κ1) is 16.8. The van der Waals surface area contributed by atoms with Crippen LogP contribution in [-0.4, -0.2) is 36.0 Å². The van der Waals surface area contributed by atoms with Gasteiger partial charge in [-0.2, -0.15) is 0 Å². The van der Waals surface area contributed by atoms with Crippen molar-refractivity contribution in [2.45, 2.75) is 56.9 Å². The van der Waals surface area contributed by atoms with Crippen LogP contribution in [-0.2, 0) is 10.2 Å². The first-order valence-corrected chi connectivity index (χ1v) is 9.11. The summed E-state index contributed by atoms with van der Waals surface area (Å²) in [6.07, 6.45) is 5.74. The highest BCUT2D eigenvalue weighted by Crippen LogP contribution is 2.48. The van der Waals surface area contributed by atoms with Crippen molar-refractivity contribution in [3.63, 3.8) is 0 Å². The number of hydrogen-bond donors (Lipinski definition) is 1. The zero-order chi connectivity index (χ0) is 16.5. The molecular formula is C19H27ClN2O. The summed E-state index contributed by atoms with van der Waals surface area (Å²) in [5.41, 5.74) is 0.796. The van der Waals surface area contributed by atoms with E-state index in [0.29, 0.717) is 6.54 Å². The van der Waals surface area contributed by atoms with E-state index in [9.17, 15) is 4.79 Å². The molecule has 1 heterocycles. The summed E-state index contributed by atoms with van der Waals surface area (Å²) in [4.78, 5) is 15.3. The van der Waals surface area contributed by atoms with Gasteiger partial charge in [0.25, 0.3) is 0 Å². The highest BCUT2D eigenvalue weighted by atomic mass is 35.5. The van der Waals surface area contributed by atoms with Crippen LogP contribution in [0.15, 0.2) is 24.3 Å². The summed E-state index contributed by atoms with van der Waals surface area (Å²) in [5, 5.41) is 3.94. The Morgan fingerprint density at radius 1 is 1.17 bits per heavy atom. The van der Waals surface area contributed by atoms with Crippen molar-refractivity contribution in [2.75, 3.05) is 19.6 Å². The lowest BCUT2D eigenvalue weighted by Crippen LogP contribution is -2.54. The van der Waals surface area contributed by atoms with Crippen LogP contribution in [0.1, 0.15) is 51.5 Å². The lowest BCUT2D eigenvalue weighted by molar-refractivity contribution is -0.124. The summed E-state index contributed by atoms with van der Waals surface area (Å²) in [7, 11) is 0. The van der Waals surface area contributed by atoms with E-state index in [0.717, 1.165) is 36.5 Å². The van der Waals surface area contributed by atoms with Crippen molar-refractivity contribution in [3.05, 3.63) is 34.9 Å². The second-order valence-electron chi connectivity index (χ2n) is 7.63. The van der Waals surface area contributed by atoms with Gasteiger partial charge in [0, 0.05) is 17.1 Å². The monoisotopic (exact) mass is 334 g/mol. The van der Waals surface area contributed by atoms with Crippen molar-refractivity contribution in [1.29, 1.82) is 0 Å². The number of piperidine rings is 1. The van der Waals surface area contributed by atoms with E-state index in [2.05, 4.69) is 24.1 Å². The van der Waals surface area contributed by atoms with Gasteiger partial charge in [-0.1, -0.05) is 30.2 Å². The van der Waals surface area contributed by atoms with Gasteiger partial charge in [0.2, 0.25) is 5.91 Å². The summed E-state index contributed by atoms with van der Waals surface area (Å²) < 4.78 is 0. The molecule has 0 spiro atoms. The number of rotatable bonds is 5. The van der Waals surface area contributed by atoms with E-state index in [-0.39, 0.29) is 16.9 Å². The molecule has 0 radical (unpaired) electrons. The van der Waals surface area contributed by atoms with Crippen LogP contribution in [0.3, 0.4) is 0 Å². The number of likely N-dealkylation sites (tertiary alicyclic amines) is 1. The molecule has 126 valence electrons. The predicted molar refractivity (Wildman–Crippen MR) is 94.9 cm³/mol. The Kier molecular flexibility index (Phi) is 4.70. The van der Waals surface area contributed by atoms with Crippen LogP contribution < -0.4 is 5.32 Å². The molecule has 1 aliphatic carbocycles. The van der Waals surface area contributed by atoms with Crippen LogP contribution in [0.4, 0.5) is 0 Å². The van der Waals surface area contributed by atoms with Crippen LogP contribution in [0.2, 0.25) is 5.02 Å². The molecule has 0 aromatic heterocycles. The van der Waals surface area contributed by atoms with E-state index in [1.807, 2.05) is 24.3 Å². The minimum Gasteiger partial charge on any atom is -0.353 e. The number of halogens is 1. The van der Waals surface area contributed by atoms with Gasteiger partial charge >= 0.3 is 0 Å². The van der Waals surface area contributed by atoms with Gasteiger partial charge in [0.05, 0.1) is 5.41 Å². The second kappa shape index (κ2) is 6.45. The average Bonchev–Trinajstić information content (AvgIpc) is 3.36. The second-order valence-corrected chi connectivity index (χ2v) is 8.07. The van der Waals surface area contributed by atoms with Crippen molar-refractivity contribution in [2.24, 2.45) is 0 Å². The zero-order valence-electron chi connectivity index (χ0n) is 14.2. The van der Waals surface area contributed by atoms with Gasteiger partial charge in [-0.3, -0.25) is 9.69 Å². The SMILES string of the molecule is CC(C)(CNC(=O)C1(c2ccc(Cl)cc2)CC1)N1CCCCC1. The van der Waals surface area contributed by atoms with Gasteiger partial charge in [-0.25, -0.2) is 0 Å². The van der Waals surface area contributed by atoms with Crippen molar-refractivity contribution >= 4 is 17.5 Å². The number of carbonyl (C=O) groups excluding carboxylic acids is 1. The maximum atomic E-state index is 12.8. The summed E-state index contributed by atoms with van der Waals surface area (Å²) in [5.74, 6) is 0.171. The molecule has 1 saturated heterocycles. The molecule has 0 bridgehead atoms. The molecule has 1 aromatic rings. The standard InChI is InChI=1S/C19H27ClN2O/c1-18(2,22-12-4-3-5-13-22)14-21-17(23)19(10-11-19)15-6-8-16(20)9-7-15/h6-9H,3-5,10-14H2,1-2H3,(H,21,23). The van der Waals surface area contributed by atoms with Gasteiger partial charge < -0.3 is 5.32 Å². The normalized spacial score (nSPS) is 21.0. The number of hydrogen-bond acceptors (Lipinski definition) is 2. The first-order valence-electron chi connectivity index (χ1n) is 8.73. The van der Waals surface area contributed by atoms with Crippen molar-refractivity contribution in [1.82, 2.24) is 10.2 Å². The molecule has 23 heavy (non-hydrogen) atoms. The molecule has 3 nitrogen and oxygen atoms in total. The molecule has 1 amide bonds. The van der Waals surface area contributed by atoms with Gasteiger partial charge in [0.1, 0.15) is 0 Å². The minimum absolute atomic E-state index is 0.0200. The number of nitrogens with one attached hydrogen (secondary N) is 1. The Morgan fingerprint density at radius 2 is 1.78 bits per heavy atom. The Labute approximate surface area is 144 Å². The van der Waals surface area contributed by atoms with Crippen molar-refractivity contribution < 1.29 is 4.79 Å². The molecule has 1 saturated carbocycles. The third-order valence-electron chi connectivity index (χ3n) is 5.48. The van der Waals surface area contributed by atoms with Gasteiger partial charge in [0.15, 0.2) is 0 Å². The topological polar surface area (TPSA) is 32.3 Å². The molecule has 1 aliphatic heterocycles. The molecule has 0 atom stereocenters. The quantitative estimate of drug-likeness (QED) is 0.889. The average molecular weight is 335 g/mol. The Balaban J connectivity index is 1.61. The largest absolute Gasteiger partial charge is 0.353 e. The smallest absolute Gasteiger partial charge is 0.230 e. The van der Waals surface area contributed by atoms with Crippen LogP contribution >= 0.6 is 11.6 Å². The molecular weight excluding hydrogens is 308 g/mol. The minimum atomic E-state index is -0.317. The summed E-state index contributed by atoms with van der Waals surface area (Å²) in [6.45, 7) is 7.47. The lowest BCUT2D eigenvalue weighted by Gasteiger charge is -2.41. The van der Waals surface area contributed by atoms with Crippen molar-refractivity contribution in [3.8, 4) is 0 Å². The van der Waals surface area contributed by atoms with E-state index < -0.39 is 0 Å². The number of nitrogens with zero attached hydrogens (tertiary/aromatic N) is 1. The molecule has 1 N–H and O–H groups in total. The summed E-state index contributed by atoms with van der Waals surface area (Å²) >= 11 is 5.96. The molecule has 4 heteroatoms. The molecule has 0 unspecified atom stereocenters. The number of carbonyl (C=O) groups is 1. The molecule has 3 rings (SSSR count). The predicted octanol–water partition coefficient (Wildman–Crippen LogP) is 3.75. The van der Waals surface area contributed by atoms with E-state index in [1.165, 1.54) is 19.3 Å². The summed E-state index contributed by atoms with van der Waals surface area (Å²) in [6, 6.07) is 7.74. The third kappa shape index (κ3) is 3.56. The lowest BCUT2D eigenvalue weighted by atomic mass is 9.93. The maximum Gasteiger partial charge on any atom is 0.230 e. The Morgan fingerprint density at radius 3 is 2.35 bits per heavy atom. The molecule has 2 fully saturated rings. The molecule has 2 aliphatic rings. The van der Waals surface area contributed by atoms with Gasteiger partial charge in [-0.15, -0.1) is 0 Å². The fourth-order valence-corrected chi connectivity index (χ4v) is 3.74. The number of amides is 1. The Bertz CT molecular complexity index is 557. The van der Waals surface area contributed by atoms with Crippen LogP contribution in [0.5, 0.6) is 0 Å². The molecule has 1 aromatic carbocycles. The third-order valence-corrected chi connectivity index (χ3v) is 5.73. The Hall–Kier alpha value is -1.06. The number of benzene rings is 1.